The minimum absolute atomic E-state index is 0.101. The number of piperidine rings is 1. The van der Waals surface area contributed by atoms with Crippen LogP contribution in [-0.4, -0.2) is 70.1 Å². The van der Waals surface area contributed by atoms with Gasteiger partial charge in [-0.2, -0.15) is 0 Å². The fourth-order valence-electron chi connectivity index (χ4n) is 2.11. The second-order valence-corrected chi connectivity index (χ2v) is 6.46. The summed E-state index contributed by atoms with van der Waals surface area (Å²) in [6.07, 6.45) is 2.77. The van der Waals surface area contributed by atoms with E-state index in [2.05, 4.69) is 5.32 Å². The highest BCUT2D eigenvalue weighted by Gasteiger charge is 2.24. The smallest absolute Gasteiger partial charge is 0.329 e. The van der Waals surface area contributed by atoms with Gasteiger partial charge in [0.25, 0.3) is 0 Å². The zero-order chi connectivity index (χ0) is 15.1. The summed E-state index contributed by atoms with van der Waals surface area (Å²) >= 11 is 0. The first-order chi connectivity index (χ1) is 9.38. The number of hydrogen-bond donors (Lipinski definition) is 2. The van der Waals surface area contributed by atoms with Crippen molar-refractivity contribution in [3.8, 4) is 0 Å². The molecule has 8 heteroatoms. The van der Waals surface area contributed by atoms with E-state index in [1.54, 1.807) is 11.2 Å². The van der Waals surface area contributed by atoms with Gasteiger partial charge in [-0.25, -0.2) is 9.59 Å². The summed E-state index contributed by atoms with van der Waals surface area (Å²) in [7, 11) is -0.939. The molecule has 1 aliphatic rings. The molecule has 2 atom stereocenters. The molecular weight excluding hydrogens is 284 g/mol. The van der Waals surface area contributed by atoms with Crippen LogP contribution in [0, 0.1) is 0 Å². The maximum atomic E-state index is 11.9. The Balaban J connectivity index is 2.28. The van der Waals surface area contributed by atoms with Crippen molar-refractivity contribution < 1.29 is 23.6 Å². The van der Waals surface area contributed by atoms with Crippen LogP contribution in [0.1, 0.15) is 19.8 Å². The van der Waals surface area contributed by atoms with Crippen LogP contribution < -0.4 is 5.32 Å². The minimum atomic E-state index is -0.980. The molecule has 116 valence electrons. The molecule has 1 aliphatic heterocycles. The molecule has 2 unspecified atom stereocenters. The number of carboxylic acids is 1. The van der Waals surface area contributed by atoms with Gasteiger partial charge in [0.15, 0.2) is 0 Å². The van der Waals surface area contributed by atoms with E-state index in [0.717, 1.165) is 0 Å². The predicted molar refractivity (Wildman–Crippen MR) is 75.1 cm³/mol. The highest BCUT2D eigenvalue weighted by atomic mass is 32.2. The number of aliphatic carboxylic acids is 1. The Morgan fingerprint density at radius 1 is 1.45 bits per heavy atom. The summed E-state index contributed by atoms with van der Waals surface area (Å²) in [4.78, 5) is 24.0. The normalized spacial score (nSPS) is 19.4. The lowest BCUT2D eigenvalue weighted by atomic mass is 10.1. The van der Waals surface area contributed by atoms with Gasteiger partial charge in [0, 0.05) is 41.9 Å². The first-order valence-electron chi connectivity index (χ1n) is 6.57. The molecule has 0 spiro atoms. The van der Waals surface area contributed by atoms with Crippen LogP contribution in [0.2, 0.25) is 0 Å². The summed E-state index contributed by atoms with van der Waals surface area (Å²) in [5.41, 5.74) is 0. The fraction of sp³-hybridized carbons (Fsp3) is 0.833. The lowest BCUT2D eigenvalue weighted by molar-refractivity contribution is -0.145. The van der Waals surface area contributed by atoms with E-state index < -0.39 is 16.8 Å². The summed E-state index contributed by atoms with van der Waals surface area (Å²) in [6.45, 7) is 2.61. The second-order valence-electron chi connectivity index (χ2n) is 4.98. The summed E-state index contributed by atoms with van der Waals surface area (Å²) < 4.78 is 16.3. The molecule has 0 aromatic heterocycles. The maximum Gasteiger partial charge on any atom is 0.329 e. The van der Waals surface area contributed by atoms with Gasteiger partial charge >= 0.3 is 12.0 Å². The minimum Gasteiger partial charge on any atom is -0.480 e. The SMILES string of the molecule is CC(CS(C)=O)NC(=O)N1CCC(OCC(=O)O)CC1. The molecule has 0 aromatic rings. The Morgan fingerprint density at radius 2 is 2.05 bits per heavy atom. The average Bonchev–Trinajstić information content (AvgIpc) is 2.35. The molecule has 20 heavy (non-hydrogen) atoms. The van der Waals surface area contributed by atoms with E-state index in [0.29, 0.717) is 31.7 Å². The molecule has 0 radical (unpaired) electrons. The van der Waals surface area contributed by atoms with Gasteiger partial charge in [0.1, 0.15) is 6.61 Å². The standard InChI is InChI=1S/C12H22N2O5S/c1-9(8-20(2)18)13-12(17)14-5-3-10(4-6-14)19-7-11(15)16/h9-10H,3-8H2,1-2H3,(H,13,17)(H,15,16). The topological polar surface area (TPSA) is 95.9 Å². The number of nitrogens with one attached hydrogen (secondary N) is 1. The van der Waals surface area contributed by atoms with Crippen molar-refractivity contribution in [3.63, 3.8) is 0 Å². The molecule has 1 heterocycles. The molecule has 1 fully saturated rings. The third-order valence-corrected chi connectivity index (χ3v) is 4.00. The van der Waals surface area contributed by atoms with E-state index in [-0.39, 0.29) is 24.8 Å². The Kier molecular flexibility index (Phi) is 6.94. The molecule has 0 bridgehead atoms. The second kappa shape index (κ2) is 8.21. The lowest BCUT2D eigenvalue weighted by Crippen LogP contribution is -2.49. The van der Waals surface area contributed by atoms with Crippen molar-refractivity contribution in [1.82, 2.24) is 10.2 Å². The van der Waals surface area contributed by atoms with Crippen LogP contribution in [0.4, 0.5) is 4.79 Å². The van der Waals surface area contributed by atoms with E-state index in [4.69, 9.17) is 9.84 Å². The number of carboxylic acid groups (broad SMARTS) is 1. The van der Waals surface area contributed by atoms with Crippen molar-refractivity contribution in [1.29, 1.82) is 0 Å². The van der Waals surface area contributed by atoms with Gasteiger partial charge in [-0.15, -0.1) is 0 Å². The zero-order valence-corrected chi connectivity index (χ0v) is 12.6. The van der Waals surface area contributed by atoms with E-state index >= 15 is 0 Å². The number of amides is 2. The van der Waals surface area contributed by atoms with Crippen molar-refractivity contribution in [2.75, 3.05) is 31.7 Å². The predicted octanol–water partition coefficient (Wildman–Crippen LogP) is 0.0286. The van der Waals surface area contributed by atoms with Gasteiger partial charge < -0.3 is 20.1 Å². The number of rotatable bonds is 6. The molecular formula is C12H22N2O5S. The largest absolute Gasteiger partial charge is 0.480 e. The van der Waals surface area contributed by atoms with Gasteiger partial charge in [-0.1, -0.05) is 0 Å². The third kappa shape index (κ3) is 6.33. The van der Waals surface area contributed by atoms with E-state index in [1.807, 2.05) is 6.92 Å². The van der Waals surface area contributed by atoms with E-state index in [9.17, 15) is 13.8 Å². The number of hydrogen-bond acceptors (Lipinski definition) is 4. The van der Waals surface area contributed by atoms with Crippen LogP contribution >= 0.6 is 0 Å². The molecule has 1 saturated heterocycles. The first kappa shape index (κ1) is 16.9. The highest BCUT2D eigenvalue weighted by molar-refractivity contribution is 7.84. The van der Waals surface area contributed by atoms with E-state index in [1.165, 1.54) is 0 Å². The molecule has 0 aliphatic carbocycles. The van der Waals surface area contributed by atoms with Crippen molar-refractivity contribution in [2.24, 2.45) is 0 Å². The Labute approximate surface area is 121 Å². The number of ether oxygens (including phenoxy) is 1. The van der Waals surface area contributed by atoms with Crippen LogP contribution in [0.5, 0.6) is 0 Å². The molecule has 1 rings (SSSR count). The molecule has 0 saturated carbocycles. The lowest BCUT2D eigenvalue weighted by Gasteiger charge is -2.32. The summed E-state index contributed by atoms with van der Waals surface area (Å²) in [5.74, 6) is -0.546. The third-order valence-electron chi connectivity index (χ3n) is 3.03. The molecule has 0 aromatic carbocycles. The van der Waals surface area contributed by atoms with Gasteiger partial charge in [-0.05, 0) is 19.8 Å². The fourth-order valence-corrected chi connectivity index (χ4v) is 2.90. The van der Waals surface area contributed by atoms with Crippen LogP contribution in [0.3, 0.4) is 0 Å². The van der Waals surface area contributed by atoms with Crippen LogP contribution in [0.15, 0.2) is 0 Å². The van der Waals surface area contributed by atoms with Gasteiger partial charge in [0.05, 0.1) is 6.10 Å². The summed E-state index contributed by atoms with van der Waals surface area (Å²) in [5, 5.41) is 11.3. The monoisotopic (exact) mass is 306 g/mol. The number of urea groups is 1. The first-order valence-corrected chi connectivity index (χ1v) is 8.30. The van der Waals surface area contributed by atoms with Gasteiger partial charge in [0.2, 0.25) is 0 Å². The van der Waals surface area contributed by atoms with Crippen LogP contribution in [0.25, 0.3) is 0 Å². The number of carbonyl (C=O) groups is 2. The Bertz CT molecular complexity index is 369. The van der Waals surface area contributed by atoms with Crippen molar-refractivity contribution in [2.45, 2.75) is 31.9 Å². The maximum absolute atomic E-state index is 11.9. The number of nitrogens with zero attached hydrogens (tertiary/aromatic N) is 1. The average molecular weight is 306 g/mol. The van der Waals surface area contributed by atoms with Crippen molar-refractivity contribution in [3.05, 3.63) is 0 Å². The van der Waals surface area contributed by atoms with Gasteiger partial charge in [-0.3, -0.25) is 4.21 Å². The summed E-state index contributed by atoms with van der Waals surface area (Å²) in [6, 6.07) is -0.297. The molecule has 7 nitrogen and oxygen atoms in total. The number of likely N-dealkylation sites (tertiary alicyclic amines) is 1. The molecule has 2 amide bonds. The number of carbonyl (C=O) groups excluding carboxylic acids is 1. The van der Waals surface area contributed by atoms with Crippen molar-refractivity contribution >= 4 is 22.8 Å². The zero-order valence-electron chi connectivity index (χ0n) is 11.8. The Hall–Kier alpha value is -1.15. The Morgan fingerprint density at radius 3 is 2.55 bits per heavy atom. The van der Waals surface area contributed by atoms with Crippen LogP contribution in [-0.2, 0) is 20.3 Å². The molecule has 2 N–H and O–H groups in total. The quantitative estimate of drug-likeness (QED) is 0.722. The highest BCUT2D eigenvalue weighted by Crippen LogP contribution is 2.13.